The molecule has 0 fully saturated rings. The first-order valence-corrected chi connectivity index (χ1v) is 9.68. The number of nitrogens with one attached hydrogen (secondary N) is 2. The normalized spacial score (nSPS) is 12.2. The van der Waals surface area contributed by atoms with E-state index in [-0.39, 0.29) is 24.0 Å². The summed E-state index contributed by atoms with van der Waals surface area (Å²) in [6.45, 7) is 8.70. The van der Waals surface area contributed by atoms with E-state index in [0.717, 1.165) is 30.3 Å². The van der Waals surface area contributed by atoms with Gasteiger partial charge >= 0.3 is 0 Å². The highest BCUT2D eigenvalue weighted by molar-refractivity contribution is 14.0. The van der Waals surface area contributed by atoms with Gasteiger partial charge < -0.3 is 10.6 Å². The first kappa shape index (κ1) is 22.9. The highest BCUT2D eigenvalue weighted by atomic mass is 127. The average molecular weight is 504 g/mol. The van der Waals surface area contributed by atoms with Crippen LogP contribution in [-0.4, -0.2) is 33.8 Å². The standard InChI is InChI=1S/C22H28N6.HI/c1-4-24-22(25-13-18(3)20-9-5-17(2)6-10-20)26-14-19-7-11-21(12-8-19)28-16-23-15-27-28;/h5-12,15-16,18H,4,13-14H2,1-3H3,(H2,24,25,26);1H. The molecular weight excluding hydrogens is 475 g/mol. The molecule has 1 unspecified atom stereocenters. The lowest BCUT2D eigenvalue weighted by molar-refractivity contribution is 0.699. The predicted octanol–water partition coefficient (Wildman–Crippen LogP) is 4.05. The van der Waals surface area contributed by atoms with Crippen molar-refractivity contribution in [2.24, 2.45) is 4.99 Å². The number of rotatable bonds is 7. The van der Waals surface area contributed by atoms with Crippen LogP contribution in [0.5, 0.6) is 0 Å². The van der Waals surface area contributed by atoms with Gasteiger partial charge in [0.25, 0.3) is 0 Å². The summed E-state index contributed by atoms with van der Waals surface area (Å²) in [5.41, 5.74) is 4.75. The number of halogens is 1. The van der Waals surface area contributed by atoms with E-state index in [1.54, 1.807) is 11.0 Å². The summed E-state index contributed by atoms with van der Waals surface area (Å²) in [5.74, 6) is 1.24. The molecule has 7 heteroatoms. The molecule has 0 spiro atoms. The zero-order valence-corrected chi connectivity index (χ0v) is 19.5. The third kappa shape index (κ3) is 6.85. The third-order valence-corrected chi connectivity index (χ3v) is 4.61. The first-order chi connectivity index (χ1) is 13.7. The van der Waals surface area contributed by atoms with E-state index in [9.17, 15) is 0 Å². The smallest absolute Gasteiger partial charge is 0.191 e. The van der Waals surface area contributed by atoms with Crippen LogP contribution >= 0.6 is 24.0 Å². The molecule has 0 radical (unpaired) electrons. The monoisotopic (exact) mass is 504 g/mol. The maximum absolute atomic E-state index is 4.72. The lowest BCUT2D eigenvalue weighted by Gasteiger charge is -2.16. The fourth-order valence-electron chi connectivity index (χ4n) is 2.87. The van der Waals surface area contributed by atoms with Crippen LogP contribution in [0.2, 0.25) is 0 Å². The van der Waals surface area contributed by atoms with Crippen LogP contribution in [0.4, 0.5) is 0 Å². The summed E-state index contributed by atoms with van der Waals surface area (Å²) in [6, 6.07) is 16.9. The van der Waals surface area contributed by atoms with Gasteiger partial charge in [-0.3, -0.25) is 0 Å². The van der Waals surface area contributed by atoms with Gasteiger partial charge in [0.15, 0.2) is 5.96 Å². The topological polar surface area (TPSA) is 67.1 Å². The molecule has 1 aromatic heterocycles. The van der Waals surface area contributed by atoms with Crippen molar-refractivity contribution in [2.75, 3.05) is 13.1 Å². The van der Waals surface area contributed by atoms with E-state index in [4.69, 9.17) is 4.99 Å². The highest BCUT2D eigenvalue weighted by Gasteiger charge is 2.06. The second kappa shape index (κ2) is 11.5. The number of guanidine groups is 1. The lowest BCUT2D eigenvalue weighted by Crippen LogP contribution is -2.39. The van der Waals surface area contributed by atoms with E-state index in [2.05, 4.69) is 77.9 Å². The Morgan fingerprint density at radius 1 is 1.07 bits per heavy atom. The average Bonchev–Trinajstić information content (AvgIpc) is 3.25. The number of benzene rings is 2. The molecule has 0 amide bonds. The molecule has 0 aliphatic carbocycles. The number of hydrogen-bond donors (Lipinski definition) is 2. The molecule has 0 saturated heterocycles. The van der Waals surface area contributed by atoms with Crippen molar-refractivity contribution in [1.82, 2.24) is 25.4 Å². The Kier molecular flexibility index (Phi) is 9.11. The van der Waals surface area contributed by atoms with Crippen molar-refractivity contribution in [3.8, 4) is 5.69 Å². The molecule has 0 aliphatic heterocycles. The number of hydrogen-bond acceptors (Lipinski definition) is 3. The fourth-order valence-corrected chi connectivity index (χ4v) is 2.87. The zero-order valence-electron chi connectivity index (χ0n) is 17.2. The minimum Gasteiger partial charge on any atom is -0.357 e. The lowest BCUT2D eigenvalue weighted by atomic mass is 10.0. The SMILES string of the molecule is CCNC(=NCc1ccc(-n2cncn2)cc1)NCC(C)c1ccc(C)cc1.I. The maximum atomic E-state index is 4.72. The second-order valence-corrected chi connectivity index (χ2v) is 6.89. The van der Waals surface area contributed by atoms with Crippen molar-refractivity contribution < 1.29 is 0 Å². The Hall–Kier alpha value is -2.42. The zero-order chi connectivity index (χ0) is 19.8. The Morgan fingerprint density at radius 3 is 2.41 bits per heavy atom. The van der Waals surface area contributed by atoms with E-state index in [1.165, 1.54) is 17.5 Å². The molecule has 0 bridgehead atoms. The molecule has 154 valence electrons. The van der Waals surface area contributed by atoms with Crippen LogP contribution in [0.15, 0.2) is 66.2 Å². The highest BCUT2D eigenvalue weighted by Crippen LogP contribution is 2.14. The predicted molar refractivity (Wildman–Crippen MR) is 129 cm³/mol. The van der Waals surface area contributed by atoms with Gasteiger partial charge in [0, 0.05) is 13.1 Å². The number of aromatic nitrogens is 3. The summed E-state index contributed by atoms with van der Waals surface area (Å²) in [5, 5.41) is 10.9. The van der Waals surface area contributed by atoms with Crippen LogP contribution in [0.25, 0.3) is 5.69 Å². The molecule has 29 heavy (non-hydrogen) atoms. The molecule has 3 rings (SSSR count). The van der Waals surface area contributed by atoms with E-state index in [0.29, 0.717) is 12.5 Å². The largest absolute Gasteiger partial charge is 0.357 e. The molecule has 2 N–H and O–H groups in total. The Morgan fingerprint density at radius 2 is 1.79 bits per heavy atom. The van der Waals surface area contributed by atoms with Gasteiger partial charge in [-0.15, -0.1) is 24.0 Å². The van der Waals surface area contributed by atoms with Crippen LogP contribution in [0.3, 0.4) is 0 Å². The minimum absolute atomic E-state index is 0. The molecule has 2 aromatic carbocycles. The van der Waals surface area contributed by atoms with Crippen molar-refractivity contribution in [2.45, 2.75) is 33.2 Å². The second-order valence-electron chi connectivity index (χ2n) is 6.89. The van der Waals surface area contributed by atoms with Gasteiger partial charge in [0.2, 0.25) is 0 Å². The van der Waals surface area contributed by atoms with E-state index < -0.39 is 0 Å². The Balaban J connectivity index is 0.00000300. The summed E-state index contributed by atoms with van der Waals surface area (Å²) in [4.78, 5) is 8.69. The van der Waals surface area contributed by atoms with Crippen LogP contribution in [0.1, 0.15) is 36.5 Å². The van der Waals surface area contributed by atoms with Crippen LogP contribution < -0.4 is 10.6 Å². The summed E-state index contributed by atoms with van der Waals surface area (Å²) >= 11 is 0. The first-order valence-electron chi connectivity index (χ1n) is 9.68. The van der Waals surface area contributed by atoms with Gasteiger partial charge in [0.05, 0.1) is 12.2 Å². The fraction of sp³-hybridized carbons (Fsp3) is 0.318. The Bertz CT molecular complexity index is 873. The summed E-state index contributed by atoms with van der Waals surface area (Å²) in [6.07, 6.45) is 3.22. The van der Waals surface area contributed by atoms with Gasteiger partial charge in [-0.25, -0.2) is 14.7 Å². The summed E-state index contributed by atoms with van der Waals surface area (Å²) in [7, 11) is 0. The molecule has 6 nitrogen and oxygen atoms in total. The molecular formula is C22H29IN6. The molecule has 1 heterocycles. The van der Waals surface area contributed by atoms with Gasteiger partial charge in [-0.2, -0.15) is 5.10 Å². The quantitative estimate of drug-likeness (QED) is 0.290. The molecule has 0 aliphatic rings. The van der Waals surface area contributed by atoms with Gasteiger partial charge in [0.1, 0.15) is 12.7 Å². The minimum atomic E-state index is 0. The van der Waals surface area contributed by atoms with E-state index >= 15 is 0 Å². The van der Waals surface area contributed by atoms with Crippen LogP contribution in [0, 0.1) is 6.92 Å². The Labute approximate surface area is 189 Å². The number of aliphatic imine (C=N–C) groups is 1. The molecule has 0 saturated carbocycles. The van der Waals surface area contributed by atoms with Gasteiger partial charge in [-0.1, -0.05) is 48.9 Å². The number of aryl methyl sites for hydroxylation is 1. The van der Waals surface area contributed by atoms with Crippen molar-refractivity contribution in [3.05, 3.63) is 77.9 Å². The molecule has 1 atom stereocenters. The number of nitrogens with zero attached hydrogens (tertiary/aromatic N) is 4. The third-order valence-electron chi connectivity index (χ3n) is 4.61. The van der Waals surface area contributed by atoms with Crippen molar-refractivity contribution in [1.29, 1.82) is 0 Å². The van der Waals surface area contributed by atoms with Gasteiger partial charge in [-0.05, 0) is 43.0 Å². The van der Waals surface area contributed by atoms with E-state index in [1.807, 2.05) is 12.1 Å². The van der Waals surface area contributed by atoms with Crippen molar-refractivity contribution >= 4 is 29.9 Å². The van der Waals surface area contributed by atoms with Crippen molar-refractivity contribution in [3.63, 3.8) is 0 Å². The maximum Gasteiger partial charge on any atom is 0.191 e. The molecule has 3 aromatic rings. The van der Waals surface area contributed by atoms with Crippen LogP contribution in [-0.2, 0) is 6.54 Å². The summed E-state index contributed by atoms with van der Waals surface area (Å²) < 4.78 is 1.74.